The van der Waals surface area contributed by atoms with Gasteiger partial charge in [0.05, 0.1) is 6.54 Å². The van der Waals surface area contributed by atoms with Crippen molar-refractivity contribution in [2.24, 2.45) is 0 Å². The lowest BCUT2D eigenvalue weighted by molar-refractivity contribution is 0.190. The second kappa shape index (κ2) is 4.72. The molecule has 1 aromatic heterocycles. The van der Waals surface area contributed by atoms with Gasteiger partial charge >= 0.3 is 0 Å². The van der Waals surface area contributed by atoms with Crippen molar-refractivity contribution in [1.29, 1.82) is 0 Å². The molecule has 0 aromatic carbocycles. The quantitative estimate of drug-likeness (QED) is 0.787. The molecule has 1 aromatic rings. The average molecular weight is 210 g/mol. The molecule has 1 unspecified atom stereocenters. The van der Waals surface area contributed by atoms with Gasteiger partial charge in [-0.3, -0.25) is 4.90 Å². The smallest absolute Gasteiger partial charge is 0.230 e. The zero-order valence-electron chi connectivity index (χ0n) is 9.36. The molecule has 0 radical (unpaired) electrons. The molecule has 0 bridgehead atoms. The van der Waals surface area contributed by atoms with Crippen LogP contribution in [0.15, 0.2) is 4.42 Å². The van der Waals surface area contributed by atoms with E-state index in [-0.39, 0.29) is 0 Å². The highest BCUT2D eigenvalue weighted by Gasteiger charge is 2.22. The summed E-state index contributed by atoms with van der Waals surface area (Å²) in [6.45, 7) is 7.97. The topological polar surface area (TPSA) is 54.2 Å². The Morgan fingerprint density at radius 3 is 2.93 bits per heavy atom. The Kier molecular flexibility index (Phi) is 3.33. The van der Waals surface area contributed by atoms with Gasteiger partial charge in [-0.05, 0) is 19.5 Å². The molecule has 1 aliphatic heterocycles. The summed E-state index contributed by atoms with van der Waals surface area (Å²) in [5, 5.41) is 11.2. The minimum Gasteiger partial charge on any atom is -0.424 e. The molecular formula is C10H18N4O. The van der Waals surface area contributed by atoms with Gasteiger partial charge in [0.25, 0.3) is 0 Å². The number of nitrogens with zero attached hydrogens (tertiary/aromatic N) is 3. The third kappa shape index (κ3) is 2.54. The predicted molar refractivity (Wildman–Crippen MR) is 56.4 cm³/mol. The normalized spacial score (nSPS) is 21.4. The van der Waals surface area contributed by atoms with Crippen molar-refractivity contribution in [3.8, 4) is 0 Å². The van der Waals surface area contributed by atoms with Crippen LogP contribution in [0.25, 0.3) is 0 Å². The van der Waals surface area contributed by atoms with Crippen molar-refractivity contribution in [2.45, 2.75) is 32.9 Å². The number of rotatable bonds is 4. The van der Waals surface area contributed by atoms with Crippen LogP contribution in [-0.4, -0.2) is 40.8 Å². The molecule has 84 valence electrons. The van der Waals surface area contributed by atoms with Crippen molar-refractivity contribution in [3.63, 3.8) is 0 Å². The first kappa shape index (κ1) is 10.6. The second-order valence-electron chi connectivity index (χ2n) is 3.92. The van der Waals surface area contributed by atoms with Crippen LogP contribution in [0.1, 0.15) is 25.1 Å². The zero-order valence-corrected chi connectivity index (χ0v) is 9.36. The summed E-state index contributed by atoms with van der Waals surface area (Å²) in [4.78, 5) is 2.38. The van der Waals surface area contributed by atoms with Crippen molar-refractivity contribution in [3.05, 3.63) is 11.8 Å². The third-order valence-corrected chi connectivity index (χ3v) is 2.86. The maximum Gasteiger partial charge on any atom is 0.230 e. The van der Waals surface area contributed by atoms with Gasteiger partial charge in [0, 0.05) is 19.5 Å². The number of hydrogen-bond donors (Lipinski definition) is 1. The highest BCUT2D eigenvalue weighted by atomic mass is 16.4. The predicted octanol–water partition coefficient (Wildman–Crippen LogP) is 0.562. The molecule has 1 fully saturated rings. The molecule has 1 aliphatic rings. The molecular weight excluding hydrogens is 192 g/mol. The van der Waals surface area contributed by atoms with E-state index in [4.69, 9.17) is 4.42 Å². The standard InChI is InChI=1S/C10H18N4O/c1-3-14(9-4-5-11-6-9)7-10-13-12-8(2)15-10/h9,11H,3-7H2,1-2H3. The van der Waals surface area contributed by atoms with Crippen LogP contribution >= 0.6 is 0 Å². The Bertz CT molecular complexity index is 306. The van der Waals surface area contributed by atoms with E-state index in [0.717, 1.165) is 32.1 Å². The van der Waals surface area contributed by atoms with Gasteiger partial charge in [-0.15, -0.1) is 10.2 Å². The fraction of sp³-hybridized carbons (Fsp3) is 0.800. The van der Waals surface area contributed by atoms with E-state index < -0.39 is 0 Å². The molecule has 1 atom stereocenters. The Hall–Kier alpha value is -0.940. The molecule has 0 aliphatic carbocycles. The van der Waals surface area contributed by atoms with E-state index in [0.29, 0.717) is 11.9 Å². The van der Waals surface area contributed by atoms with Gasteiger partial charge in [-0.25, -0.2) is 0 Å². The summed E-state index contributed by atoms with van der Waals surface area (Å²) in [5.41, 5.74) is 0. The minimum absolute atomic E-state index is 0.613. The number of nitrogens with one attached hydrogen (secondary N) is 1. The molecule has 0 amide bonds. The van der Waals surface area contributed by atoms with Crippen molar-refractivity contribution >= 4 is 0 Å². The zero-order chi connectivity index (χ0) is 10.7. The number of aromatic nitrogens is 2. The molecule has 5 heteroatoms. The van der Waals surface area contributed by atoms with Crippen LogP contribution in [0.2, 0.25) is 0 Å². The fourth-order valence-corrected chi connectivity index (χ4v) is 2.03. The van der Waals surface area contributed by atoms with Gasteiger partial charge in [-0.1, -0.05) is 6.92 Å². The monoisotopic (exact) mass is 210 g/mol. The third-order valence-electron chi connectivity index (χ3n) is 2.86. The first-order chi connectivity index (χ1) is 7.29. The summed E-state index contributed by atoms with van der Waals surface area (Å²) in [7, 11) is 0. The number of hydrogen-bond acceptors (Lipinski definition) is 5. The Labute approximate surface area is 89.9 Å². The van der Waals surface area contributed by atoms with Crippen LogP contribution in [0.4, 0.5) is 0 Å². The summed E-state index contributed by atoms with van der Waals surface area (Å²) >= 11 is 0. The van der Waals surface area contributed by atoms with E-state index in [9.17, 15) is 0 Å². The largest absolute Gasteiger partial charge is 0.424 e. The summed E-state index contributed by atoms with van der Waals surface area (Å²) in [6, 6.07) is 0.613. The molecule has 0 spiro atoms. The summed E-state index contributed by atoms with van der Waals surface area (Å²) < 4.78 is 5.39. The van der Waals surface area contributed by atoms with Crippen LogP contribution in [-0.2, 0) is 6.54 Å². The van der Waals surface area contributed by atoms with Crippen molar-refractivity contribution < 1.29 is 4.42 Å². The maximum atomic E-state index is 5.39. The van der Waals surface area contributed by atoms with Crippen molar-refractivity contribution in [2.75, 3.05) is 19.6 Å². The van der Waals surface area contributed by atoms with Crippen LogP contribution in [0.3, 0.4) is 0 Å². The van der Waals surface area contributed by atoms with E-state index >= 15 is 0 Å². The van der Waals surface area contributed by atoms with Gasteiger partial charge in [0.2, 0.25) is 11.8 Å². The first-order valence-corrected chi connectivity index (χ1v) is 5.53. The fourth-order valence-electron chi connectivity index (χ4n) is 2.03. The lowest BCUT2D eigenvalue weighted by atomic mass is 10.2. The maximum absolute atomic E-state index is 5.39. The van der Waals surface area contributed by atoms with Gasteiger partial charge in [0.1, 0.15) is 0 Å². The highest BCUT2D eigenvalue weighted by molar-refractivity contribution is 4.85. The molecule has 2 rings (SSSR count). The van der Waals surface area contributed by atoms with E-state index in [2.05, 4.69) is 27.3 Å². The molecule has 1 N–H and O–H groups in total. The molecule has 5 nitrogen and oxygen atoms in total. The molecule has 0 saturated carbocycles. The number of likely N-dealkylation sites (N-methyl/N-ethyl adjacent to an activating group) is 1. The lowest BCUT2D eigenvalue weighted by Crippen LogP contribution is -2.36. The average Bonchev–Trinajstić information content (AvgIpc) is 2.85. The van der Waals surface area contributed by atoms with E-state index in [1.807, 2.05) is 6.92 Å². The molecule has 1 saturated heterocycles. The lowest BCUT2D eigenvalue weighted by Gasteiger charge is -2.24. The highest BCUT2D eigenvalue weighted by Crippen LogP contribution is 2.12. The number of aryl methyl sites for hydroxylation is 1. The van der Waals surface area contributed by atoms with Gasteiger partial charge in [-0.2, -0.15) is 0 Å². The van der Waals surface area contributed by atoms with E-state index in [1.54, 1.807) is 0 Å². The summed E-state index contributed by atoms with van der Waals surface area (Å²) in [5.74, 6) is 1.37. The van der Waals surface area contributed by atoms with Crippen LogP contribution in [0, 0.1) is 6.92 Å². The summed E-state index contributed by atoms with van der Waals surface area (Å²) in [6.07, 6.45) is 1.21. The Morgan fingerprint density at radius 2 is 2.40 bits per heavy atom. The van der Waals surface area contributed by atoms with Gasteiger partial charge in [0.15, 0.2) is 0 Å². The van der Waals surface area contributed by atoms with Crippen LogP contribution < -0.4 is 5.32 Å². The van der Waals surface area contributed by atoms with Crippen LogP contribution in [0.5, 0.6) is 0 Å². The van der Waals surface area contributed by atoms with Gasteiger partial charge < -0.3 is 9.73 Å². The SMILES string of the molecule is CCN(Cc1nnc(C)o1)C1CCNC1. The Morgan fingerprint density at radius 1 is 1.53 bits per heavy atom. The first-order valence-electron chi connectivity index (χ1n) is 5.53. The Balaban J connectivity index is 1.95. The molecule has 2 heterocycles. The minimum atomic E-state index is 0.613. The van der Waals surface area contributed by atoms with Crippen molar-refractivity contribution in [1.82, 2.24) is 20.4 Å². The molecule has 15 heavy (non-hydrogen) atoms. The van der Waals surface area contributed by atoms with E-state index in [1.165, 1.54) is 6.42 Å². The second-order valence-corrected chi connectivity index (χ2v) is 3.92.